The Balaban J connectivity index is 1.52. The molecule has 0 bridgehead atoms. The van der Waals surface area contributed by atoms with Gasteiger partial charge in [-0.1, -0.05) is 25.6 Å². The highest BCUT2D eigenvalue weighted by Crippen LogP contribution is 2.41. The third kappa shape index (κ3) is 3.87. The molecule has 1 fully saturated rings. The second-order valence-electron chi connectivity index (χ2n) is 7.73. The summed E-state index contributed by atoms with van der Waals surface area (Å²) in [5.74, 6) is 0.983. The van der Waals surface area contributed by atoms with E-state index < -0.39 is 0 Å². The number of piperazine rings is 1. The monoisotopic (exact) mass is 404 g/mol. The number of hydrogen-bond donors (Lipinski definition) is 0. The molecule has 1 amide bonds. The number of aryl methyl sites for hydroxylation is 1. The van der Waals surface area contributed by atoms with Crippen molar-refractivity contribution in [1.82, 2.24) is 19.8 Å². The molecule has 0 N–H and O–H groups in total. The molecule has 1 saturated heterocycles. The molecule has 3 heterocycles. The Labute approximate surface area is 169 Å². The molecule has 0 radical (unpaired) electrons. The number of hydrogen-bond acceptors (Lipinski definition) is 6. The van der Waals surface area contributed by atoms with Gasteiger partial charge in [-0.3, -0.25) is 4.79 Å². The van der Waals surface area contributed by atoms with Crippen molar-refractivity contribution in [3.8, 4) is 0 Å². The van der Waals surface area contributed by atoms with E-state index in [1.165, 1.54) is 22.2 Å². The summed E-state index contributed by atoms with van der Waals surface area (Å²) in [6.07, 6.45) is 5.15. The molecule has 2 atom stereocenters. The Morgan fingerprint density at radius 3 is 2.85 bits per heavy atom. The lowest BCUT2D eigenvalue weighted by atomic mass is 9.89. The molecule has 146 valence electrons. The fraction of sp³-hybridized carbons (Fsp3) is 0.650. The highest BCUT2D eigenvalue weighted by atomic mass is 32.2. The fourth-order valence-corrected chi connectivity index (χ4v) is 6.54. The van der Waals surface area contributed by atoms with Crippen molar-refractivity contribution in [3.63, 3.8) is 0 Å². The van der Waals surface area contributed by atoms with Crippen molar-refractivity contribution in [2.45, 2.75) is 50.3 Å². The van der Waals surface area contributed by atoms with Crippen LogP contribution in [0, 0.1) is 5.92 Å². The topological polar surface area (TPSA) is 49.3 Å². The third-order valence-electron chi connectivity index (χ3n) is 5.82. The molecule has 1 aliphatic heterocycles. The van der Waals surface area contributed by atoms with E-state index >= 15 is 0 Å². The van der Waals surface area contributed by atoms with Gasteiger partial charge in [-0.15, -0.1) is 11.3 Å². The molecule has 7 heteroatoms. The van der Waals surface area contributed by atoms with Crippen LogP contribution in [0.25, 0.3) is 10.2 Å². The second-order valence-corrected chi connectivity index (χ2v) is 10.1. The fourth-order valence-electron chi connectivity index (χ4n) is 4.09. The first kappa shape index (κ1) is 19.2. The highest BCUT2D eigenvalue weighted by Gasteiger charge is 2.28. The van der Waals surface area contributed by atoms with Crippen molar-refractivity contribution < 1.29 is 4.79 Å². The summed E-state index contributed by atoms with van der Waals surface area (Å²) in [5.41, 5.74) is 1.44. The van der Waals surface area contributed by atoms with E-state index in [1.807, 2.05) is 23.2 Å². The predicted molar refractivity (Wildman–Crippen MR) is 113 cm³/mol. The van der Waals surface area contributed by atoms with Gasteiger partial charge in [0, 0.05) is 36.4 Å². The van der Waals surface area contributed by atoms with Crippen LogP contribution in [0.1, 0.15) is 37.6 Å². The minimum absolute atomic E-state index is 0.116. The quantitative estimate of drug-likeness (QED) is 0.577. The summed E-state index contributed by atoms with van der Waals surface area (Å²) < 4.78 is 0. The van der Waals surface area contributed by atoms with E-state index in [4.69, 9.17) is 0 Å². The van der Waals surface area contributed by atoms with E-state index in [1.54, 1.807) is 18.1 Å². The Morgan fingerprint density at radius 2 is 2.11 bits per heavy atom. The number of aromatic nitrogens is 2. The van der Waals surface area contributed by atoms with Crippen molar-refractivity contribution in [2.24, 2.45) is 5.92 Å². The normalized spacial score (nSPS) is 22.0. The van der Waals surface area contributed by atoms with E-state index in [2.05, 4.69) is 28.7 Å². The maximum absolute atomic E-state index is 12.9. The summed E-state index contributed by atoms with van der Waals surface area (Å²) in [6.45, 7) is 11.2. The lowest BCUT2D eigenvalue weighted by molar-refractivity contribution is -0.132. The standard InChI is InChI=1S/C20H28N4OS2/c1-4-23-7-9-24(10-8-23)20(25)14(3)26-18-17-15-6-5-13(2)11-16(15)27-19(17)22-12-21-18/h12-14H,4-11H2,1-3H3/t13-,14-/m1/s1. The van der Waals surface area contributed by atoms with Crippen LogP contribution in [0.5, 0.6) is 0 Å². The van der Waals surface area contributed by atoms with Gasteiger partial charge >= 0.3 is 0 Å². The van der Waals surface area contributed by atoms with Crippen molar-refractivity contribution in [2.75, 3.05) is 32.7 Å². The molecule has 1 aliphatic carbocycles. The maximum atomic E-state index is 12.9. The van der Waals surface area contributed by atoms with Crippen LogP contribution in [0.3, 0.4) is 0 Å². The highest BCUT2D eigenvalue weighted by molar-refractivity contribution is 8.00. The van der Waals surface area contributed by atoms with Gasteiger partial charge in [0.25, 0.3) is 0 Å². The van der Waals surface area contributed by atoms with Crippen LogP contribution in [-0.2, 0) is 17.6 Å². The van der Waals surface area contributed by atoms with Gasteiger partial charge in [0.05, 0.1) is 5.25 Å². The number of nitrogens with zero attached hydrogens (tertiary/aromatic N) is 4. The minimum Gasteiger partial charge on any atom is -0.339 e. The van der Waals surface area contributed by atoms with Gasteiger partial charge in [-0.05, 0) is 44.2 Å². The van der Waals surface area contributed by atoms with Crippen molar-refractivity contribution >= 4 is 39.2 Å². The zero-order chi connectivity index (χ0) is 19.0. The number of thioether (sulfide) groups is 1. The molecule has 2 aliphatic rings. The molecule has 0 saturated carbocycles. The number of thiophene rings is 1. The first-order chi connectivity index (χ1) is 13.1. The summed E-state index contributed by atoms with van der Waals surface area (Å²) >= 11 is 3.43. The number of amides is 1. The average Bonchev–Trinajstić information content (AvgIpc) is 3.05. The van der Waals surface area contributed by atoms with E-state index in [0.717, 1.165) is 61.3 Å². The first-order valence-electron chi connectivity index (χ1n) is 9.99. The van der Waals surface area contributed by atoms with E-state index in [0.29, 0.717) is 0 Å². The number of rotatable bonds is 4. The molecule has 4 rings (SSSR count). The number of likely N-dealkylation sites (N-methyl/N-ethyl adjacent to an activating group) is 1. The number of carbonyl (C=O) groups is 1. The predicted octanol–water partition coefficient (Wildman–Crippen LogP) is 3.46. The van der Waals surface area contributed by atoms with E-state index in [9.17, 15) is 4.79 Å². The van der Waals surface area contributed by atoms with Crippen LogP contribution < -0.4 is 0 Å². The van der Waals surface area contributed by atoms with Crippen LogP contribution in [0.2, 0.25) is 0 Å². The minimum atomic E-state index is -0.116. The van der Waals surface area contributed by atoms with E-state index in [-0.39, 0.29) is 11.2 Å². The SMILES string of the molecule is CCN1CCN(C(=O)[C@@H](C)Sc2ncnc3sc4c(c23)CC[C@@H](C)C4)CC1. The van der Waals surface area contributed by atoms with Crippen molar-refractivity contribution in [3.05, 3.63) is 16.8 Å². The molecular formula is C20H28N4OS2. The summed E-state index contributed by atoms with van der Waals surface area (Å²) in [5, 5.41) is 2.08. The Bertz CT molecular complexity index is 829. The third-order valence-corrected chi connectivity index (χ3v) is 8.07. The van der Waals surface area contributed by atoms with Crippen molar-refractivity contribution in [1.29, 1.82) is 0 Å². The lowest BCUT2D eigenvalue weighted by Gasteiger charge is -2.35. The zero-order valence-corrected chi connectivity index (χ0v) is 18.0. The van der Waals surface area contributed by atoms with Crippen LogP contribution in [-0.4, -0.2) is 63.6 Å². The Hall–Kier alpha value is -1.18. The largest absolute Gasteiger partial charge is 0.339 e. The van der Waals surface area contributed by atoms with Gasteiger partial charge in [-0.2, -0.15) is 0 Å². The molecule has 5 nitrogen and oxygen atoms in total. The van der Waals surface area contributed by atoms with Gasteiger partial charge in [-0.25, -0.2) is 9.97 Å². The summed E-state index contributed by atoms with van der Waals surface area (Å²) in [7, 11) is 0. The van der Waals surface area contributed by atoms with Gasteiger partial charge in [0.15, 0.2) is 0 Å². The summed E-state index contributed by atoms with van der Waals surface area (Å²) in [6, 6.07) is 0. The van der Waals surface area contributed by atoms with Gasteiger partial charge in [0.2, 0.25) is 5.91 Å². The smallest absolute Gasteiger partial charge is 0.235 e. The number of fused-ring (bicyclic) bond motifs is 3. The molecule has 0 spiro atoms. The molecule has 2 aromatic rings. The molecule has 0 unspecified atom stereocenters. The maximum Gasteiger partial charge on any atom is 0.235 e. The van der Waals surface area contributed by atoms with Gasteiger partial charge < -0.3 is 9.80 Å². The number of carbonyl (C=O) groups excluding carboxylic acids is 1. The Kier molecular flexibility index (Phi) is 5.71. The second kappa shape index (κ2) is 8.05. The van der Waals surface area contributed by atoms with Gasteiger partial charge in [0.1, 0.15) is 16.2 Å². The first-order valence-corrected chi connectivity index (χ1v) is 11.7. The lowest BCUT2D eigenvalue weighted by Crippen LogP contribution is -2.50. The van der Waals surface area contributed by atoms with Crippen LogP contribution in [0.15, 0.2) is 11.4 Å². The summed E-state index contributed by atoms with van der Waals surface area (Å²) in [4.78, 5) is 29.0. The molecular weight excluding hydrogens is 376 g/mol. The Morgan fingerprint density at radius 1 is 1.33 bits per heavy atom. The molecule has 2 aromatic heterocycles. The zero-order valence-electron chi connectivity index (χ0n) is 16.4. The van der Waals surface area contributed by atoms with Crippen LogP contribution >= 0.6 is 23.1 Å². The van der Waals surface area contributed by atoms with Crippen LogP contribution in [0.4, 0.5) is 0 Å². The average molecular weight is 405 g/mol. The molecule has 27 heavy (non-hydrogen) atoms. The molecule has 0 aromatic carbocycles.